The van der Waals surface area contributed by atoms with Crippen molar-refractivity contribution >= 4 is 5.96 Å². The predicted octanol–water partition coefficient (Wildman–Crippen LogP) is 4.20. The van der Waals surface area contributed by atoms with E-state index in [4.69, 9.17) is 0 Å². The van der Waals surface area contributed by atoms with Gasteiger partial charge < -0.3 is 10.6 Å². The number of hydrogen-bond donors (Lipinski definition) is 2. The minimum absolute atomic E-state index is 0.161. The highest BCUT2D eigenvalue weighted by molar-refractivity contribution is 5.80. The van der Waals surface area contributed by atoms with Crippen LogP contribution in [0.15, 0.2) is 60.0 Å². The molecule has 158 valence electrons. The molecule has 0 saturated carbocycles. The molecule has 0 aliphatic heterocycles. The molecule has 0 amide bonds. The fourth-order valence-electron chi connectivity index (χ4n) is 3.37. The summed E-state index contributed by atoms with van der Waals surface area (Å²) in [5, 5.41) is 6.83. The van der Waals surface area contributed by atoms with Gasteiger partial charge in [-0.3, -0.25) is 9.56 Å². The van der Waals surface area contributed by atoms with Gasteiger partial charge in [-0.15, -0.1) is 0 Å². The molecule has 1 unspecified atom stereocenters. The molecule has 0 radical (unpaired) electrons. The number of aryl methyl sites for hydroxylation is 1. The zero-order chi connectivity index (χ0) is 21.5. The van der Waals surface area contributed by atoms with E-state index in [0.717, 1.165) is 29.6 Å². The Morgan fingerprint density at radius 3 is 2.33 bits per heavy atom. The molecule has 2 N–H and O–H groups in total. The second-order valence-electron chi connectivity index (χ2n) is 8.00. The normalized spacial score (nSPS) is 12.8. The van der Waals surface area contributed by atoms with E-state index in [0.29, 0.717) is 12.5 Å². The molecule has 0 fully saturated rings. The van der Waals surface area contributed by atoms with Crippen LogP contribution in [0, 0.1) is 12.8 Å². The number of nitrogens with one attached hydrogen (secondary N) is 2. The van der Waals surface area contributed by atoms with Crippen molar-refractivity contribution in [3.8, 4) is 5.82 Å². The van der Waals surface area contributed by atoms with Crippen LogP contribution in [-0.2, 0) is 13.0 Å². The Hall–Kier alpha value is -3.15. The van der Waals surface area contributed by atoms with Gasteiger partial charge in [-0.05, 0) is 48.9 Å². The first-order valence-electron chi connectivity index (χ1n) is 10.5. The van der Waals surface area contributed by atoms with E-state index in [1.165, 1.54) is 11.1 Å². The summed E-state index contributed by atoms with van der Waals surface area (Å²) in [5.74, 6) is 3.22. The molecule has 0 spiro atoms. The van der Waals surface area contributed by atoms with Crippen LogP contribution in [-0.4, -0.2) is 27.5 Å². The largest absolute Gasteiger partial charge is 0.352 e. The summed E-state index contributed by atoms with van der Waals surface area (Å²) in [6.07, 6.45) is 6.68. The quantitative estimate of drug-likeness (QED) is 0.457. The summed E-state index contributed by atoms with van der Waals surface area (Å²) in [4.78, 5) is 13.1. The van der Waals surface area contributed by atoms with Gasteiger partial charge in [-0.1, -0.05) is 44.2 Å². The lowest BCUT2D eigenvalue weighted by Crippen LogP contribution is -2.38. The molecule has 0 bridgehead atoms. The molecule has 0 saturated heterocycles. The zero-order valence-electron chi connectivity index (χ0n) is 18.6. The number of hydrogen-bond acceptors (Lipinski definition) is 3. The Balaban J connectivity index is 1.55. The van der Waals surface area contributed by atoms with Crippen molar-refractivity contribution < 1.29 is 0 Å². The average Bonchev–Trinajstić information content (AvgIpc) is 3.17. The molecule has 30 heavy (non-hydrogen) atoms. The van der Waals surface area contributed by atoms with Crippen LogP contribution in [0.4, 0.5) is 0 Å². The number of rotatable bonds is 7. The van der Waals surface area contributed by atoms with E-state index in [1.54, 1.807) is 13.2 Å². The molecule has 3 rings (SSSR count). The highest BCUT2D eigenvalue weighted by atomic mass is 15.2. The Labute approximate surface area is 179 Å². The lowest BCUT2D eigenvalue weighted by Gasteiger charge is -2.19. The minimum Gasteiger partial charge on any atom is -0.352 e. The predicted molar refractivity (Wildman–Crippen MR) is 123 cm³/mol. The van der Waals surface area contributed by atoms with Gasteiger partial charge in [-0.2, -0.15) is 0 Å². The number of pyridine rings is 1. The Kier molecular flexibility index (Phi) is 7.22. The Morgan fingerprint density at radius 2 is 1.77 bits per heavy atom. The fraction of sp³-hybridized carbons (Fsp3) is 0.375. The van der Waals surface area contributed by atoms with E-state index >= 15 is 0 Å². The molecule has 0 aliphatic rings. The minimum atomic E-state index is 0.161. The first-order chi connectivity index (χ1) is 14.5. The molecule has 0 aliphatic carbocycles. The van der Waals surface area contributed by atoms with Gasteiger partial charge in [0.15, 0.2) is 5.96 Å². The van der Waals surface area contributed by atoms with Crippen molar-refractivity contribution in [3.05, 3.63) is 77.5 Å². The molecule has 1 aromatic carbocycles. The van der Waals surface area contributed by atoms with Gasteiger partial charge >= 0.3 is 0 Å². The molecule has 2 heterocycles. The second-order valence-corrected chi connectivity index (χ2v) is 8.00. The van der Waals surface area contributed by atoms with Gasteiger partial charge in [0, 0.05) is 32.2 Å². The third-order valence-electron chi connectivity index (χ3n) is 5.04. The maximum atomic E-state index is 4.55. The number of aliphatic imine (C=N–C) groups is 1. The van der Waals surface area contributed by atoms with E-state index < -0.39 is 0 Å². The van der Waals surface area contributed by atoms with Crippen LogP contribution in [0.25, 0.3) is 5.82 Å². The summed E-state index contributed by atoms with van der Waals surface area (Å²) < 4.78 is 1.96. The molecular weight excluding hydrogens is 372 g/mol. The maximum absolute atomic E-state index is 4.55. The van der Waals surface area contributed by atoms with Crippen LogP contribution in [0.3, 0.4) is 0 Å². The standard InChI is InChI=1S/C24H32N6/c1-17(2)14-20-6-9-22(10-7-20)18(3)29-24(25-5)28-16-21-8-11-23(27-15-21)30-13-12-26-19(30)4/h6-13,15,17-18H,14,16H2,1-5H3,(H2,25,28,29). The summed E-state index contributed by atoms with van der Waals surface area (Å²) >= 11 is 0. The van der Waals surface area contributed by atoms with E-state index in [-0.39, 0.29) is 6.04 Å². The molecule has 6 heteroatoms. The third-order valence-corrected chi connectivity index (χ3v) is 5.04. The van der Waals surface area contributed by atoms with Gasteiger partial charge in [0.1, 0.15) is 11.6 Å². The first kappa shape index (κ1) is 21.6. The van der Waals surface area contributed by atoms with Gasteiger partial charge in [0.25, 0.3) is 0 Å². The summed E-state index contributed by atoms with van der Waals surface area (Å²) in [7, 11) is 1.79. The number of guanidine groups is 1. The summed E-state index contributed by atoms with van der Waals surface area (Å²) in [5.41, 5.74) is 3.71. The van der Waals surface area contributed by atoms with Crippen LogP contribution >= 0.6 is 0 Å². The fourth-order valence-corrected chi connectivity index (χ4v) is 3.37. The van der Waals surface area contributed by atoms with E-state index in [9.17, 15) is 0 Å². The van der Waals surface area contributed by atoms with E-state index in [1.807, 2.05) is 30.0 Å². The smallest absolute Gasteiger partial charge is 0.191 e. The van der Waals surface area contributed by atoms with Crippen LogP contribution in [0.1, 0.15) is 49.3 Å². The molecule has 3 aromatic rings. The van der Waals surface area contributed by atoms with Crippen LogP contribution < -0.4 is 10.6 Å². The highest BCUT2D eigenvalue weighted by Crippen LogP contribution is 2.15. The van der Waals surface area contributed by atoms with Crippen LogP contribution in [0.5, 0.6) is 0 Å². The van der Waals surface area contributed by atoms with Crippen molar-refractivity contribution in [1.82, 2.24) is 25.2 Å². The summed E-state index contributed by atoms with van der Waals surface area (Å²) in [6.45, 7) is 9.25. The Morgan fingerprint density at radius 1 is 1.03 bits per heavy atom. The molecular formula is C24H32N6. The van der Waals surface area contributed by atoms with Gasteiger partial charge in [0.2, 0.25) is 0 Å². The third kappa shape index (κ3) is 5.69. The van der Waals surface area contributed by atoms with Crippen molar-refractivity contribution in [2.45, 2.75) is 46.7 Å². The van der Waals surface area contributed by atoms with E-state index in [2.05, 4.69) is 76.7 Å². The number of aromatic nitrogens is 3. The Bertz CT molecular complexity index is 954. The highest BCUT2D eigenvalue weighted by Gasteiger charge is 2.09. The SMILES string of the molecule is CN=C(NCc1ccc(-n2ccnc2C)nc1)NC(C)c1ccc(CC(C)C)cc1. The van der Waals surface area contributed by atoms with Crippen molar-refractivity contribution in [1.29, 1.82) is 0 Å². The number of imidazole rings is 1. The number of nitrogens with zero attached hydrogens (tertiary/aromatic N) is 4. The average molecular weight is 405 g/mol. The lowest BCUT2D eigenvalue weighted by molar-refractivity contribution is 0.645. The van der Waals surface area contributed by atoms with Crippen molar-refractivity contribution in [3.63, 3.8) is 0 Å². The second kappa shape index (κ2) is 10.1. The maximum Gasteiger partial charge on any atom is 0.191 e. The summed E-state index contributed by atoms with van der Waals surface area (Å²) in [6, 6.07) is 13.1. The topological polar surface area (TPSA) is 67.1 Å². The molecule has 1 atom stereocenters. The van der Waals surface area contributed by atoms with Crippen LogP contribution in [0.2, 0.25) is 0 Å². The van der Waals surface area contributed by atoms with Crippen molar-refractivity contribution in [2.75, 3.05) is 7.05 Å². The van der Waals surface area contributed by atoms with Crippen molar-refractivity contribution in [2.24, 2.45) is 10.9 Å². The molecule has 2 aromatic heterocycles. The monoisotopic (exact) mass is 404 g/mol. The van der Waals surface area contributed by atoms with Gasteiger partial charge in [0.05, 0.1) is 6.04 Å². The van der Waals surface area contributed by atoms with Gasteiger partial charge in [-0.25, -0.2) is 9.97 Å². The first-order valence-corrected chi connectivity index (χ1v) is 10.5. The number of benzene rings is 1. The lowest BCUT2D eigenvalue weighted by atomic mass is 10.00. The zero-order valence-corrected chi connectivity index (χ0v) is 18.6. The molecule has 6 nitrogen and oxygen atoms in total.